The van der Waals surface area contributed by atoms with Gasteiger partial charge in [0.05, 0.1) is 5.39 Å². The summed E-state index contributed by atoms with van der Waals surface area (Å²) in [5.41, 5.74) is 0. The lowest BCUT2D eigenvalue weighted by Gasteiger charge is -2.18. The maximum absolute atomic E-state index is 5.50. The molecule has 2 rings (SSSR count). The minimum atomic E-state index is -0.0658. The zero-order chi connectivity index (χ0) is 13.3. The summed E-state index contributed by atoms with van der Waals surface area (Å²) in [4.78, 5) is 11.5. The molecule has 18 heavy (non-hydrogen) atoms. The Morgan fingerprint density at radius 2 is 2.06 bits per heavy atom. The van der Waals surface area contributed by atoms with E-state index in [2.05, 4.69) is 42.1 Å². The molecule has 0 aliphatic carbocycles. The molecule has 2 aromatic rings. The molecule has 2 aromatic heterocycles. The summed E-state index contributed by atoms with van der Waals surface area (Å²) in [6.07, 6.45) is -0.0658. The first kappa shape index (κ1) is 13.2. The van der Waals surface area contributed by atoms with Crippen molar-refractivity contribution in [1.29, 1.82) is 0 Å². The minimum absolute atomic E-state index is 0.0658. The van der Waals surface area contributed by atoms with E-state index >= 15 is 0 Å². The van der Waals surface area contributed by atoms with Crippen LogP contribution in [0.1, 0.15) is 30.7 Å². The first-order valence-corrected chi connectivity index (χ1v) is 6.87. The highest BCUT2D eigenvalue weighted by Crippen LogP contribution is 2.31. The molecular weight excluding hydrogens is 246 g/mol. The van der Waals surface area contributed by atoms with Gasteiger partial charge in [-0.15, -0.1) is 11.3 Å². The van der Waals surface area contributed by atoms with Gasteiger partial charge in [-0.2, -0.15) is 0 Å². The van der Waals surface area contributed by atoms with Crippen LogP contribution in [-0.4, -0.2) is 24.1 Å². The lowest BCUT2D eigenvalue weighted by Crippen LogP contribution is -2.13. The number of nitrogens with zero attached hydrogens (tertiary/aromatic N) is 2. The second kappa shape index (κ2) is 5.20. The van der Waals surface area contributed by atoms with Gasteiger partial charge in [0.2, 0.25) is 0 Å². The number of nitrogens with one attached hydrogen (secondary N) is 1. The number of methoxy groups -OCH3 is 1. The first-order chi connectivity index (χ1) is 8.56. The zero-order valence-electron chi connectivity index (χ0n) is 11.4. The van der Waals surface area contributed by atoms with E-state index in [1.54, 1.807) is 18.4 Å². The van der Waals surface area contributed by atoms with Crippen LogP contribution in [0.25, 0.3) is 10.2 Å². The topological polar surface area (TPSA) is 47.0 Å². The van der Waals surface area contributed by atoms with Gasteiger partial charge < -0.3 is 10.1 Å². The van der Waals surface area contributed by atoms with Crippen molar-refractivity contribution in [2.45, 2.75) is 26.9 Å². The first-order valence-electron chi connectivity index (χ1n) is 6.05. The highest BCUT2D eigenvalue weighted by molar-refractivity contribution is 7.18. The van der Waals surface area contributed by atoms with Crippen molar-refractivity contribution >= 4 is 27.4 Å². The van der Waals surface area contributed by atoms with Gasteiger partial charge >= 0.3 is 0 Å². The Bertz CT molecular complexity index is 550. The zero-order valence-corrected chi connectivity index (χ0v) is 12.3. The molecule has 2 heterocycles. The Kier molecular flexibility index (Phi) is 3.82. The molecule has 1 N–H and O–H groups in total. The Balaban J connectivity index is 2.58. The van der Waals surface area contributed by atoms with Crippen LogP contribution in [0, 0.1) is 12.8 Å². The van der Waals surface area contributed by atoms with Gasteiger partial charge in [-0.1, -0.05) is 13.8 Å². The normalized spacial score (nSPS) is 13.2. The highest BCUT2D eigenvalue weighted by Gasteiger charge is 2.20. The van der Waals surface area contributed by atoms with Gasteiger partial charge in [0.1, 0.15) is 16.8 Å². The maximum atomic E-state index is 5.50. The van der Waals surface area contributed by atoms with E-state index in [0.29, 0.717) is 5.92 Å². The van der Waals surface area contributed by atoms with Crippen LogP contribution < -0.4 is 5.32 Å². The molecule has 0 fully saturated rings. The Morgan fingerprint density at radius 3 is 2.61 bits per heavy atom. The molecule has 0 aromatic carbocycles. The van der Waals surface area contributed by atoms with Crippen molar-refractivity contribution in [3.8, 4) is 0 Å². The molecule has 5 heteroatoms. The third-order valence-corrected chi connectivity index (χ3v) is 3.83. The third kappa shape index (κ3) is 2.33. The molecule has 0 bridgehead atoms. The molecule has 1 unspecified atom stereocenters. The van der Waals surface area contributed by atoms with Crippen molar-refractivity contribution in [2.75, 3.05) is 19.5 Å². The van der Waals surface area contributed by atoms with Crippen LogP contribution in [0.5, 0.6) is 0 Å². The van der Waals surface area contributed by atoms with Gasteiger partial charge in [0.15, 0.2) is 5.82 Å². The number of aromatic nitrogens is 2. The van der Waals surface area contributed by atoms with E-state index in [9.17, 15) is 0 Å². The Morgan fingerprint density at radius 1 is 1.33 bits per heavy atom. The maximum Gasteiger partial charge on any atom is 0.161 e. The van der Waals surface area contributed by atoms with Gasteiger partial charge in [-0.3, -0.25) is 0 Å². The lowest BCUT2D eigenvalue weighted by molar-refractivity contribution is 0.0579. The van der Waals surface area contributed by atoms with Gasteiger partial charge in [0, 0.05) is 19.0 Å². The quantitative estimate of drug-likeness (QED) is 0.920. The van der Waals surface area contributed by atoms with Crippen LogP contribution in [0.2, 0.25) is 0 Å². The number of hydrogen-bond donors (Lipinski definition) is 1. The van der Waals surface area contributed by atoms with E-state index < -0.39 is 0 Å². The Hall–Kier alpha value is -1.20. The monoisotopic (exact) mass is 265 g/mol. The van der Waals surface area contributed by atoms with Crippen molar-refractivity contribution < 1.29 is 4.74 Å². The van der Waals surface area contributed by atoms with Crippen LogP contribution in [0.4, 0.5) is 5.82 Å². The molecular formula is C13H19N3OS. The van der Waals surface area contributed by atoms with Crippen molar-refractivity contribution in [3.63, 3.8) is 0 Å². The van der Waals surface area contributed by atoms with E-state index in [1.165, 1.54) is 4.88 Å². The number of rotatable bonds is 4. The smallest absolute Gasteiger partial charge is 0.161 e. The molecule has 98 valence electrons. The van der Waals surface area contributed by atoms with Crippen molar-refractivity contribution in [1.82, 2.24) is 9.97 Å². The van der Waals surface area contributed by atoms with Gasteiger partial charge in [0.25, 0.3) is 0 Å². The van der Waals surface area contributed by atoms with E-state index in [-0.39, 0.29) is 6.10 Å². The van der Waals surface area contributed by atoms with Crippen molar-refractivity contribution in [2.24, 2.45) is 5.92 Å². The number of fused-ring (bicyclic) bond motifs is 1. The summed E-state index contributed by atoms with van der Waals surface area (Å²) in [7, 11) is 3.59. The fourth-order valence-corrected chi connectivity index (χ4v) is 2.94. The SMILES string of the molecule is CNc1nc(C(OC)C(C)C)nc2sc(C)cc12. The highest BCUT2D eigenvalue weighted by atomic mass is 32.1. The van der Waals surface area contributed by atoms with Crippen LogP contribution in [-0.2, 0) is 4.74 Å². The molecule has 0 aliphatic rings. The van der Waals surface area contributed by atoms with Crippen LogP contribution >= 0.6 is 11.3 Å². The van der Waals surface area contributed by atoms with Crippen molar-refractivity contribution in [3.05, 3.63) is 16.8 Å². The number of aryl methyl sites for hydroxylation is 1. The summed E-state index contributed by atoms with van der Waals surface area (Å²) < 4.78 is 5.50. The van der Waals surface area contributed by atoms with Crippen LogP contribution in [0.3, 0.4) is 0 Å². The minimum Gasteiger partial charge on any atom is -0.373 e. The standard InChI is InChI=1S/C13H19N3OS/c1-7(2)10(17-5)12-15-11(14-4)9-6-8(3)18-13(9)16-12/h6-7,10H,1-5H3,(H,14,15,16). The molecule has 0 aliphatic heterocycles. The molecule has 0 saturated heterocycles. The second-order valence-electron chi connectivity index (χ2n) is 4.66. The molecule has 0 spiro atoms. The molecule has 1 atom stereocenters. The summed E-state index contributed by atoms with van der Waals surface area (Å²) in [5, 5.41) is 4.23. The summed E-state index contributed by atoms with van der Waals surface area (Å²) >= 11 is 1.69. The predicted octanol–water partition coefficient (Wildman–Crippen LogP) is 3.38. The number of anilines is 1. The Labute approximate surface area is 111 Å². The van der Waals surface area contributed by atoms with Gasteiger partial charge in [-0.05, 0) is 18.9 Å². The fraction of sp³-hybridized carbons (Fsp3) is 0.538. The number of thiophene rings is 1. The number of hydrogen-bond acceptors (Lipinski definition) is 5. The summed E-state index contributed by atoms with van der Waals surface area (Å²) in [6.45, 7) is 6.31. The molecule has 0 radical (unpaired) electrons. The average Bonchev–Trinajstić information content (AvgIpc) is 2.68. The predicted molar refractivity (Wildman–Crippen MR) is 76.3 cm³/mol. The molecule has 4 nitrogen and oxygen atoms in total. The summed E-state index contributed by atoms with van der Waals surface area (Å²) in [6, 6.07) is 2.12. The molecule has 0 amide bonds. The number of ether oxygens (including phenoxy) is 1. The van der Waals surface area contributed by atoms with E-state index in [1.807, 2.05) is 7.05 Å². The van der Waals surface area contributed by atoms with E-state index in [4.69, 9.17) is 4.74 Å². The lowest BCUT2D eigenvalue weighted by atomic mass is 10.1. The summed E-state index contributed by atoms with van der Waals surface area (Å²) in [5.74, 6) is 1.98. The molecule has 0 saturated carbocycles. The van der Waals surface area contributed by atoms with Crippen LogP contribution in [0.15, 0.2) is 6.07 Å². The fourth-order valence-electron chi connectivity index (χ4n) is 2.05. The van der Waals surface area contributed by atoms with E-state index in [0.717, 1.165) is 21.9 Å². The third-order valence-electron chi connectivity index (χ3n) is 2.88. The largest absolute Gasteiger partial charge is 0.373 e. The second-order valence-corrected chi connectivity index (χ2v) is 5.89. The van der Waals surface area contributed by atoms with Gasteiger partial charge in [-0.25, -0.2) is 9.97 Å². The average molecular weight is 265 g/mol.